The number of aliphatic imine (C=N–C) groups is 2. The van der Waals surface area contributed by atoms with Crippen LogP contribution >= 0.6 is 11.8 Å². The quantitative estimate of drug-likeness (QED) is 0.525. The van der Waals surface area contributed by atoms with Gasteiger partial charge in [0.2, 0.25) is 0 Å². The van der Waals surface area contributed by atoms with Crippen molar-refractivity contribution >= 4 is 45.7 Å². The van der Waals surface area contributed by atoms with Crippen LogP contribution in [0.2, 0.25) is 0 Å². The summed E-state index contributed by atoms with van der Waals surface area (Å²) in [6, 6.07) is 14.1. The van der Waals surface area contributed by atoms with Gasteiger partial charge in [0.05, 0.1) is 0 Å². The third-order valence-electron chi connectivity index (χ3n) is 5.26. The summed E-state index contributed by atoms with van der Waals surface area (Å²) in [7, 11) is 0. The van der Waals surface area contributed by atoms with E-state index in [-0.39, 0.29) is 22.8 Å². The second kappa shape index (κ2) is 8.18. The van der Waals surface area contributed by atoms with Crippen molar-refractivity contribution in [2.75, 3.05) is 4.90 Å². The number of alkyl halides is 3. The molecule has 2 aliphatic heterocycles. The van der Waals surface area contributed by atoms with Crippen molar-refractivity contribution in [3.05, 3.63) is 75.4 Å². The topological polar surface area (TPSA) is 28.0 Å². The molecule has 0 N–H and O–H groups in total. The van der Waals surface area contributed by atoms with Crippen LogP contribution in [0.1, 0.15) is 37.5 Å². The molecule has 2 heterocycles. The first kappa shape index (κ1) is 22.2. The van der Waals surface area contributed by atoms with Crippen LogP contribution in [0, 0.1) is 0 Å². The number of nitrogens with zero attached hydrogens (tertiary/aromatic N) is 3. The molecular formula is C23H23AsF3N3S. The average Bonchev–Trinajstić information content (AvgIpc) is 3.12. The van der Waals surface area contributed by atoms with Gasteiger partial charge < -0.3 is 0 Å². The van der Waals surface area contributed by atoms with Crippen LogP contribution in [0.25, 0.3) is 0 Å². The fourth-order valence-corrected chi connectivity index (χ4v) is 5.64. The molecule has 0 aromatic heterocycles. The number of hydrogen-bond donors (Lipinski definition) is 0. The van der Waals surface area contributed by atoms with E-state index >= 15 is 0 Å². The molecule has 0 bridgehead atoms. The standard InChI is InChI=1S/C23H23AsF3N3S/c1-22(2,3)15-8-10-16(11-9-15)30-13-28-20(24)19-21(30)31-18(29-19)12-14-6-4-5-7-17(14)23(25,26)27/h4-11,13,21H,12,24H2,1-3H3. The van der Waals surface area contributed by atoms with Crippen LogP contribution < -0.4 is 4.90 Å². The first-order valence-corrected chi connectivity index (χ1v) is 11.9. The van der Waals surface area contributed by atoms with Gasteiger partial charge in [-0.3, -0.25) is 0 Å². The van der Waals surface area contributed by atoms with E-state index in [0.717, 1.165) is 21.9 Å². The number of hydrogen-bond acceptors (Lipinski definition) is 4. The summed E-state index contributed by atoms with van der Waals surface area (Å²) in [5, 5.41) is 0.557. The average molecular weight is 505 g/mol. The Morgan fingerprint density at radius 3 is 2.35 bits per heavy atom. The van der Waals surface area contributed by atoms with E-state index in [0.29, 0.717) is 5.04 Å². The van der Waals surface area contributed by atoms with Crippen molar-refractivity contribution < 1.29 is 13.2 Å². The molecule has 0 saturated carbocycles. The van der Waals surface area contributed by atoms with Crippen molar-refractivity contribution in [2.45, 2.75) is 44.2 Å². The van der Waals surface area contributed by atoms with Gasteiger partial charge in [-0.2, -0.15) is 0 Å². The fraction of sp³-hybridized carbons (Fsp3) is 0.304. The summed E-state index contributed by atoms with van der Waals surface area (Å²) in [5.41, 5.74) is 2.74. The van der Waals surface area contributed by atoms with Crippen molar-refractivity contribution in [3.63, 3.8) is 0 Å². The first-order valence-electron chi connectivity index (χ1n) is 9.86. The van der Waals surface area contributed by atoms with Crippen molar-refractivity contribution in [2.24, 2.45) is 9.98 Å². The van der Waals surface area contributed by atoms with Crippen LogP contribution in [-0.4, -0.2) is 33.6 Å². The Morgan fingerprint density at radius 1 is 1.03 bits per heavy atom. The Bertz CT molecular complexity index is 1080. The van der Waals surface area contributed by atoms with Gasteiger partial charge >= 0.3 is 193 Å². The summed E-state index contributed by atoms with van der Waals surface area (Å²) in [5.74, 6) is 0. The fourth-order valence-electron chi connectivity index (χ4n) is 3.55. The zero-order valence-electron chi connectivity index (χ0n) is 17.4. The third-order valence-corrected chi connectivity index (χ3v) is 7.37. The molecule has 0 aliphatic carbocycles. The van der Waals surface area contributed by atoms with E-state index < -0.39 is 11.7 Å². The van der Waals surface area contributed by atoms with Gasteiger partial charge in [-0.25, -0.2) is 0 Å². The first-order chi connectivity index (χ1) is 14.5. The Kier molecular flexibility index (Phi) is 5.86. The molecule has 0 amide bonds. The number of fused-ring (bicyclic) bond motifs is 1. The number of benzene rings is 2. The molecule has 0 fully saturated rings. The van der Waals surface area contributed by atoms with E-state index in [1.54, 1.807) is 12.4 Å². The number of rotatable bonds is 3. The van der Waals surface area contributed by atoms with Crippen LogP contribution in [0.4, 0.5) is 18.9 Å². The molecule has 2 aromatic rings. The number of halogens is 3. The van der Waals surface area contributed by atoms with Gasteiger partial charge in [-0.05, 0) is 0 Å². The van der Waals surface area contributed by atoms with Crippen LogP contribution in [-0.2, 0) is 18.0 Å². The maximum atomic E-state index is 13.4. The SMILES string of the molecule is CC(C)(C)c1ccc(N2C=NC([AsH2])=C3N=C(Cc4ccccc4C(F)(F)F)SC32)cc1. The summed E-state index contributed by atoms with van der Waals surface area (Å²) in [6.07, 6.45) is -2.43. The minimum absolute atomic E-state index is 0.0585. The van der Waals surface area contributed by atoms with E-state index in [1.165, 1.54) is 46.3 Å². The summed E-state index contributed by atoms with van der Waals surface area (Å²) < 4.78 is 41.0. The molecule has 2 aromatic carbocycles. The second-order valence-corrected chi connectivity index (χ2v) is 10.8. The summed E-state index contributed by atoms with van der Waals surface area (Å²) in [4.78, 5) is 11.2. The molecule has 2 aliphatic rings. The van der Waals surface area contributed by atoms with E-state index in [1.807, 2.05) is 4.90 Å². The predicted molar refractivity (Wildman–Crippen MR) is 126 cm³/mol. The molecule has 8 heteroatoms. The monoisotopic (exact) mass is 505 g/mol. The molecular weight excluding hydrogens is 482 g/mol. The van der Waals surface area contributed by atoms with E-state index in [4.69, 9.17) is 4.99 Å². The summed E-state index contributed by atoms with van der Waals surface area (Å²) >= 11 is 2.86. The van der Waals surface area contributed by atoms with Crippen LogP contribution in [0.3, 0.4) is 0 Å². The van der Waals surface area contributed by atoms with Crippen molar-refractivity contribution in [1.29, 1.82) is 0 Å². The zero-order valence-corrected chi connectivity index (χ0v) is 20.7. The van der Waals surface area contributed by atoms with Gasteiger partial charge in [-0.15, -0.1) is 0 Å². The molecule has 2 atom stereocenters. The second-order valence-electron chi connectivity index (χ2n) is 8.53. The molecule has 0 spiro atoms. The van der Waals surface area contributed by atoms with Gasteiger partial charge in [0, 0.05) is 0 Å². The van der Waals surface area contributed by atoms with Crippen molar-refractivity contribution in [1.82, 2.24) is 0 Å². The normalized spacial score (nSPS) is 19.0. The Hall–Kier alpha value is -1.98. The van der Waals surface area contributed by atoms with Gasteiger partial charge in [0.15, 0.2) is 0 Å². The van der Waals surface area contributed by atoms with Gasteiger partial charge in [0.25, 0.3) is 0 Å². The third kappa shape index (κ3) is 4.63. The Morgan fingerprint density at radius 2 is 1.71 bits per heavy atom. The van der Waals surface area contributed by atoms with E-state index in [2.05, 4.69) is 50.0 Å². The van der Waals surface area contributed by atoms with Gasteiger partial charge in [-0.1, -0.05) is 0 Å². The molecule has 31 heavy (non-hydrogen) atoms. The maximum absolute atomic E-state index is 13.4. The molecule has 4 rings (SSSR count). The van der Waals surface area contributed by atoms with Gasteiger partial charge in [0.1, 0.15) is 0 Å². The molecule has 2 unspecified atom stereocenters. The molecule has 162 valence electrons. The molecule has 0 saturated heterocycles. The van der Waals surface area contributed by atoms with Crippen molar-refractivity contribution in [3.8, 4) is 0 Å². The Labute approximate surface area is 193 Å². The Balaban J connectivity index is 1.59. The minimum atomic E-state index is -4.38. The van der Waals surface area contributed by atoms with E-state index in [9.17, 15) is 13.2 Å². The summed E-state index contributed by atoms with van der Waals surface area (Å²) in [6.45, 7) is 6.51. The van der Waals surface area contributed by atoms with Crippen LogP contribution in [0.5, 0.6) is 0 Å². The van der Waals surface area contributed by atoms with Crippen LogP contribution in [0.15, 0.2) is 68.7 Å². The number of thioether (sulfide) groups is 1. The number of anilines is 1. The molecule has 0 radical (unpaired) electrons. The zero-order chi connectivity index (χ0) is 22.4. The predicted octanol–water partition coefficient (Wildman–Crippen LogP) is 5.37. The molecule has 3 nitrogen and oxygen atoms in total.